The molecule has 0 aliphatic heterocycles. The molecule has 0 aromatic heterocycles. The lowest BCUT2D eigenvalue weighted by atomic mass is 10.1. The lowest BCUT2D eigenvalue weighted by molar-refractivity contribution is 0.563. The van der Waals surface area contributed by atoms with Crippen molar-refractivity contribution in [3.05, 3.63) is 54.6 Å². The van der Waals surface area contributed by atoms with Crippen LogP contribution in [0.15, 0.2) is 54.6 Å². The second-order valence-corrected chi connectivity index (χ2v) is 11.9. The van der Waals surface area contributed by atoms with E-state index in [4.69, 9.17) is 0 Å². The largest absolute Gasteiger partial charge is 0.0653 e. The highest BCUT2D eigenvalue weighted by molar-refractivity contribution is 7.68. The summed E-state index contributed by atoms with van der Waals surface area (Å²) >= 11 is 0. The topological polar surface area (TPSA) is 0 Å². The molecule has 25 heavy (non-hydrogen) atoms. The van der Waals surface area contributed by atoms with Crippen LogP contribution in [0.5, 0.6) is 0 Å². The molecule has 0 aliphatic carbocycles. The summed E-state index contributed by atoms with van der Waals surface area (Å²) < 4.78 is 0. The van der Waals surface area contributed by atoms with Crippen LogP contribution in [0.2, 0.25) is 0 Å². The van der Waals surface area contributed by atoms with Gasteiger partial charge in [-0.2, -0.15) is 0 Å². The Kier molecular flexibility index (Phi) is 6.86. The van der Waals surface area contributed by atoms with Crippen LogP contribution in [-0.4, -0.2) is 10.3 Å². The number of hydrogen-bond donors (Lipinski definition) is 0. The predicted octanol–water partition coefficient (Wildman–Crippen LogP) is 7.62. The van der Waals surface area contributed by atoms with Crippen LogP contribution in [0.1, 0.15) is 67.2 Å². The van der Waals surface area contributed by atoms with Crippen LogP contribution in [0.25, 0.3) is 11.1 Å². The molecule has 0 heterocycles. The Bertz CT molecular complexity index is 637. The maximum absolute atomic E-state index is 2.50. The maximum atomic E-state index is 2.50. The van der Waals surface area contributed by atoms with Crippen molar-refractivity contribution >= 4 is 13.2 Å². The Morgan fingerprint density at radius 1 is 0.680 bits per heavy atom. The fraction of sp³-hybridized carbons (Fsp3) is 0.500. The van der Waals surface area contributed by atoms with Gasteiger partial charge >= 0.3 is 0 Å². The van der Waals surface area contributed by atoms with Gasteiger partial charge in [0.05, 0.1) is 0 Å². The molecule has 2 aromatic rings. The van der Waals surface area contributed by atoms with Gasteiger partial charge in [-0.1, -0.05) is 117 Å². The van der Waals surface area contributed by atoms with E-state index in [1.807, 2.05) is 0 Å². The highest BCUT2D eigenvalue weighted by Crippen LogP contribution is 2.62. The molecule has 0 spiro atoms. The van der Waals surface area contributed by atoms with Crippen molar-refractivity contribution in [3.63, 3.8) is 0 Å². The third-order valence-corrected chi connectivity index (χ3v) is 8.90. The van der Waals surface area contributed by atoms with Crippen molar-refractivity contribution < 1.29 is 0 Å². The summed E-state index contributed by atoms with van der Waals surface area (Å²) in [5, 5.41) is 2.27. The molecule has 0 unspecified atom stereocenters. The van der Waals surface area contributed by atoms with Gasteiger partial charge < -0.3 is 0 Å². The molecule has 0 nitrogen and oxygen atoms in total. The molecule has 0 bridgehead atoms. The second kappa shape index (κ2) is 8.50. The van der Waals surface area contributed by atoms with Gasteiger partial charge in [0.2, 0.25) is 0 Å². The first kappa shape index (κ1) is 20.2. The maximum Gasteiger partial charge on any atom is -0.0106 e. The Morgan fingerprint density at radius 3 is 1.68 bits per heavy atom. The Balaban J connectivity index is 2.63. The minimum Gasteiger partial charge on any atom is -0.0653 e. The molecule has 0 saturated heterocycles. The molecule has 0 saturated carbocycles. The summed E-state index contributed by atoms with van der Waals surface area (Å²) in [5.74, 6) is 0. The molecule has 136 valence electrons. The van der Waals surface area contributed by atoms with Crippen molar-refractivity contribution in [1.82, 2.24) is 0 Å². The van der Waals surface area contributed by atoms with E-state index in [1.165, 1.54) is 36.8 Å². The van der Waals surface area contributed by atoms with E-state index in [1.54, 1.807) is 5.30 Å². The molecular weight excluding hydrogens is 319 g/mol. The van der Waals surface area contributed by atoms with E-state index in [2.05, 4.69) is 96.1 Å². The van der Waals surface area contributed by atoms with Crippen LogP contribution < -0.4 is 5.30 Å². The van der Waals surface area contributed by atoms with Crippen LogP contribution in [0, 0.1) is 0 Å². The average Bonchev–Trinajstić information content (AvgIpc) is 2.55. The van der Waals surface area contributed by atoms with E-state index in [9.17, 15) is 0 Å². The summed E-state index contributed by atoms with van der Waals surface area (Å²) in [6.07, 6.45) is 5.08. The van der Waals surface area contributed by atoms with Crippen molar-refractivity contribution in [1.29, 1.82) is 0 Å². The minimum absolute atomic E-state index is 0.298. The van der Waals surface area contributed by atoms with Crippen molar-refractivity contribution in [2.45, 2.75) is 77.5 Å². The molecular formula is C24H35P. The third kappa shape index (κ3) is 4.73. The zero-order valence-electron chi connectivity index (χ0n) is 17.0. The summed E-state index contributed by atoms with van der Waals surface area (Å²) in [7, 11) is -0.298. The Morgan fingerprint density at radius 2 is 1.16 bits per heavy atom. The Hall–Kier alpha value is -1.13. The van der Waals surface area contributed by atoms with Gasteiger partial charge in [-0.25, -0.2) is 0 Å². The first-order valence-corrected chi connectivity index (χ1v) is 11.1. The van der Waals surface area contributed by atoms with Crippen molar-refractivity contribution in [2.24, 2.45) is 0 Å². The zero-order valence-corrected chi connectivity index (χ0v) is 17.9. The molecule has 2 aromatic carbocycles. The normalized spacial score (nSPS) is 12.6. The van der Waals surface area contributed by atoms with Gasteiger partial charge in [-0.15, -0.1) is 0 Å². The first-order chi connectivity index (χ1) is 11.8. The molecule has 0 amide bonds. The highest BCUT2D eigenvalue weighted by Gasteiger charge is 2.41. The van der Waals surface area contributed by atoms with Gasteiger partial charge in [0.25, 0.3) is 0 Å². The molecule has 2 rings (SSSR count). The minimum atomic E-state index is -0.298. The fourth-order valence-electron chi connectivity index (χ4n) is 4.45. The molecule has 0 atom stereocenters. The molecule has 0 radical (unpaired) electrons. The van der Waals surface area contributed by atoms with E-state index in [-0.39, 0.29) is 7.92 Å². The van der Waals surface area contributed by atoms with Gasteiger partial charge in [0.15, 0.2) is 0 Å². The highest BCUT2D eigenvalue weighted by atomic mass is 31.1. The average molecular weight is 355 g/mol. The third-order valence-electron chi connectivity index (χ3n) is 5.16. The monoisotopic (exact) mass is 354 g/mol. The second-order valence-electron chi connectivity index (χ2n) is 8.34. The Labute approximate surface area is 156 Å². The predicted molar refractivity (Wildman–Crippen MR) is 116 cm³/mol. The van der Waals surface area contributed by atoms with Crippen molar-refractivity contribution in [2.75, 3.05) is 0 Å². The molecule has 0 aliphatic rings. The number of hydrogen-bond acceptors (Lipinski definition) is 0. The number of rotatable bonds is 8. The van der Waals surface area contributed by atoms with Gasteiger partial charge in [0.1, 0.15) is 0 Å². The number of benzene rings is 2. The van der Waals surface area contributed by atoms with E-state index >= 15 is 0 Å². The summed E-state index contributed by atoms with van der Waals surface area (Å²) in [6, 6.07) is 20.1. The van der Waals surface area contributed by atoms with E-state index < -0.39 is 0 Å². The van der Waals surface area contributed by atoms with Gasteiger partial charge in [-0.05, 0) is 39.6 Å². The van der Waals surface area contributed by atoms with Crippen LogP contribution in [-0.2, 0) is 0 Å². The van der Waals surface area contributed by atoms with E-state index in [0.29, 0.717) is 10.3 Å². The SMILES string of the molecule is CCCC(C)(C)P(c1ccccc1-c1ccccc1)C(C)(C)CCC. The standard InChI is InChI=1S/C24H35P/c1-7-18-23(3,4)25(24(5,6)19-8-2)22-17-13-12-16-21(22)20-14-10-9-11-15-20/h9-17H,7-8,18-19H2,1-6H3. The van der Waals surface area contributed by atoms with E-state index in [0.717, 1.165) is 0 Å². The van der Waals surface area contributed by atoms with Crippen LogP contribution in [0.4, 0.5) is 0 Å². The van der Waals surface area contributed by atoms with Gasteiger partial charge in [0, 0.05) is 0 Å². The molecule has 0 fully saturated rings. The molecule has 0 N–H and O–H groups in total. The molecule has 1 heteroatoms. The summed E-state index contributed by atoms with van der Waals surface area (Å²) in [6.45, 7) is 14.7. The summed E-state index contributed by atoms with van der Waals surface area (Å²) in [5.41, 5.74) is 2.78. The lowest BCUT2D eigenvalue weighted by Crippen LogP contribution is -2.35. The first-order valence-electron chi connectivity index (χ1n) is 9.78. The quantitative estimate of drug-likeness (QED) is 0.428. The van der Waals surface area contributed by atoms with Crippen molar-refractivity contribution in [3.8, 4) is 11.1 Å². The van der Waals surface area contributed by atoms with Crippen LogP contribution >= 0.6 is 7.92 Å². The smallest absolute Gasteiger partial charge is 0.0106 e. The summed E-state index contributed by atoms with van der Waals surface area (Å²) in [4.78, 5) is 0. The van der Waals surface area contributed by atoms with Crippen LogP contribution in [0.3, 0.4) is 0 Å². The van der Waals surface area contributed by atoms with Gasteiger partial charge in [-0.3, -0.25) is 0 Å². The fourth-order valence-corrected chi connectivity index (χ4v) is 8.97. The lowest BCUT2D eigenvalue weighted by Gasteiger charge is -2.46. The zero-order chi connectivity index (χ0) is 18.5.